The smallest absolute Gasteiger partial charge is 0.312 e. The number of esters is 1. The summed E-state index contributed by atoms with van der Waals surface area (Å²) in [5.74, 6) is 1.22. The molecule has 4 aliphatic carbocycles. The predicted molar refractivity (Wildman–Crippen MR) is 90.7 cm³/mol. The number of hydrogen-bond acceptors (Lipinski definition) is 2. The van der Waals surface area contributed by atoms with Crippen molar-refractivity contribution in [1.29, 1.82) is 0 Å². The molecule has 4 fully saturated rings. The Kier molecular flexibility index (Phi) is 3.64. The molecular formula is C20H31NO2. The maximum atomic E-state index is 12.7. The van der Waals surface area contributed by atoms with Crippen molar-refractivity contribution in [2.24, 2.45) is 22.7 Å². The third-order valence-corrected chi connectivity index (χ3v) is 7.33. The number of hydrogen-bond donors (Lipinski definition) is 0. The summed E-state index contributed by atoms with van der Waals surface area (Å²) >= 11 is 0. The van der Waals surface area contributed by atoms with Crippen LogP contribution in [0.2, 0.25) is 0 Å². The van der Waals surface area contributed by atoms with E-state index < -0.39 is 11.0 Å². The second-order valence-corrected chi connectivity index (χ2v) is 9.71. The maximum Gasteiger partial charge on any atom is 0.312 e. The van der Waals surface area contributed by atoms with Gasteiger partial charge < -0.3 is 9.58 Å². The van der Waals surface area contributed by atoms with Gasteiger partial charge in [0.15, 0.2) is 0 Å². The number of ether oxygens (including phenoxy) is 1. The molecule has 4 aliphatic rings. The lowest BCUT2D eigenvalue weighted by Gasteiger charge is -2.61. The molecule has 2 unspecified atom stereocenters. The van der Waals surface area contributed by atoms with Gasteiger partial charge >= 0.3 is 5.97 Å². The number of carbonyl (C=O) groups excluding carboxylic acids is 1. The average Bonchev–Trinajstić information content (AvgIpc) is 2.45. The summed E-state index contributed by atoms with van der Waals surface area (Å²) in [5, 5.41) is 0. The summed E-state index contributed by atoms with van der Waals surface area (Å²) in [7, 11) is 0. The lowest BCUT2D eigenvalue weighted by Crippen LogP contribution is -2.62. The van der Waals surface area contributed by atoms with Crippen molar-refractivity contribution in [2.45, 2.75) is 90.7 Å². The highest BCUT2D eigenvalue weighted by Crippen LogP contribution is 2.66. The minimum Gasteiger partial charge on any atom is -0.459 e. The monoisotopic (exact) mass is 317 g/mol. The molecule has 3 nitrogen and oxygen atoms in total. The van der Waals surface area contributed by atoms with E-state index in [1.807, 2.05) is 20.8 Å². The van der Waals surface area contributed by atoms with Crippen LogP contribution in [0.15, 0.2) is 0 Å². The van der Waals surface area contributed by atoms with E-state index in [1.54, 1.807) is 0 Å². The van der Waals surface area contributed by atoms with Crippen molar-refractivity contribution < 1.29 is 9.53 Å². The molecule has 0 radical (unpaired) electrons. The lowest BCUT2D eigenvalue weighted by atomic mass is 9.43. The van der Waals surface area contributed by atoms with E-state index >= 15 is 0 Å². The van der Waals surface area contributed by atoms with Gasteiger partial charge in [0.1, 0.15) is 5.60 Å². The molecule has 0 aliphatic heterocycles. The van der Waals surface area contributed by atoms with E-state index in [4.69, 9.17) is 11.3 Å². The Morgan fingerprint density at radius 2 is 1.74 bits per heavy atom. The summed E-state index contributed by atoms with van der Waals surface area (Å²) in [6.07, 6.45) is 7.39. The van der Waals surface area contributed by atoms with Crippen LogP contribution >= 0.6 is 0 Å². The van der Waals surface area contributed by atoms with Crippen LogP contribution in [-0.2, 0) is 9.53 Å². The average molecular weight is 317 g/mol. The van der Waals surface area contributed by atoms with Crippen molar-refractivity contribution in [1.82, 2.24) is 0 Å². The van der Waals surface area contributed by atoms with Crippen LogP contribution in [0.1, 0.15) is 79.6 Å². The highest BCUT2D eigenvalue weighted by Gasteiger charge is 2.67. The summed E-state index contributed by atoms with van der Waals surface area (Å²) in [6, 6.07) is 0. The molecular weight excluding hydrogens is 286 g/mol. The van der Waals surface area contributed by atoms with Gasteiger partial charge in [-0.15, -0.1) is 0 Å². The molecule has 0 heterocycles. The van der Waals surface area contributed by atoms with Crippen molar-refractivity contribution in [2.75, 3.05) is 0 Å². The quantitative estimate of drug-likeness (QED) is 0.539. The van der Waals surface area contributed by atoms with Crippen LogP contribution in [0.5, 0.6) is 0 Å². The van der Waals surface area contributed by atoms with Crippen molar-refractivity contribution in [3.8, 4) is 0 Å². The van der Waals surface area contributed by atoms with Gasteiger partial charge in [-0.1, -0.05) is 6.92 Å². The van der Waals surface area contributed by atoms with Crippen LogP contribution in [0.3, 0.4) is 0 Å². The predicted octanol–water partition coefficient (Wildman–Crippen LogP) is 5.00. The first-order valence-electron chi connectivity index (χ1n) is 9.19. The maximum absolute atomic E-state index is 12.7. The fourth-order valence-electron chi connectivity index (χ4n) is 5.67. The van der Waals surface area contributed by atoms with Gasteiger partial charge in [0, 0.05) is 24.7 Å². The molecule has 0 spiro atoms. The highest BCUT2D eigenvalue weighted by molar-refractivity contribution is 5.76. The van der Waals surface area contributed by atoms with Crippen molar-refractivity contribution in [3.05, 3.63) is 11.4 Å². The first-order chi connectivity index (χ1) is 10.6. The van der Waals surface area contributed by atoms with Crippen molar-refractivity contribution >= 4 is 5.97 Å². The Balaban J connectivity index is 1.88. The molecule has 128 valence electrons. The van der Waals surface area contributed by atoms with Crippen LogP contribution in [0.25, 0.3) is 4.85 Å². The van der Waals surface area contributed by atoms with Gasteiger partial charge in [-0.05, 0) is 65.2 Å². The molecule has 0 saturated heterocycles. The molecule has 4 bridgehead atoms. The third-order valence-electron chi connectivity index (χ3n) is 7.33. The Labute approximate surface area is 141 Å². The van der Waals surface area contributed by atoms with Crippen molar-refractivity contribution in [3.63, 3.8) is 0 Å². The van der Waals surface area contributed by atoms with Crippen LogP contribution in [0, 0.1) is 29.2 Å². The molecule has 4 rings (SSSR count). The third kappa shape index (κ3) is 2.49. The minimum absolute atomic E-state index is 0.00111. The largest absolute Gasteiger partial charge is 0.459 e. The van der Waals surface area contributed by atoms with Crippen LogP contribution in [0.4, 0.5) is 0 Å². The van der Waals surface area contributed by atoms with Crippen LogP contribution < -0.4 is 0 Å². The van der Waals surface area contributed by atoms with E-state index in [0.717, 1.165) is 38.5 Å². The lowest BCUT2D eigenvalue weighted by molar-refractivity contribution is -0.206. The number of nitrogens with zero attached hydrogens (tertiary/aromatic N) is 1. The number of rotatable bonds is 4. The van der Waals surface area contributed by atoms with Gasteiger partial charge in [0.2, 0.25) is 5.54 Å². The Morgan fingerprint density at radius 1 is 1.17 bits per heavy atom. The topological polar surface area (TPSA) is 30.7 Å². The second-order valence-electron chi connectivity index (χ2n) is 9.71. The molecule has 0 aromatic heterocycles. The van der Waals surface area contributed by atoms with E-state index in [1.165, 1.54) is 6.42 Å². The first kappa shape index (κ1) is 16.8. The van der Waals surface area contributed by atoms with Gasteiger partial charge in [-0.25, -0.2) is 6.57 Å². The molecule has 0 aromatic carbocycles. The fourth-order valence-corrected chi connectivity index (χ4v) is 5.67. The zero-order valence-corrected chi connectivity index (χ0v) is 15.4. The highest BCUT2D eigenvalue weighted by atomic mass is 16.6. The zero-order valence-electron chi connectivity index (χ0n) is 15.4. The second kappa shape index (κ2) is 4.98. The minimum atomic E-state index is -0.482. The Bertz CT molecular complexity index is 540. The molecule has 0 amide bonds. The Morgan fingerprint density at radius 3 is 2.22 bits per heavy atom. The molecule has 2 atom stereocenters. The molecule has 3 heteroatoms. The summed E-state index contributed by atoms with van der Waals surface area (Å²) in [6.45, 7) is 17.9. The molecule has 0 aromatic rings. The molecule has 0 N–H and O–H groups in total. The van der Waals surface area contributed by atoms with E-state index in [0.29, 0.717) is 11.8 Å². The normalized spacial score (nSPS) is 39.1. The standard InChI is InChI=1S/C20H31NO2/c1-7-17(2,3)16(22)23-18(4,5)19-9-14-8-15(10-19)12-20(11-14,13-19)21-6/h14-15H,7-13H2,1-5H3. The van der Waals surface area contributed by atoms with Gasteiger partial charge in [-0.2, -0.15) is 0 Å². The van der Waals surface area contributed by atoms with Gasteiger partial charge in [0.05, 0.1) is 5.41 Å². The van der Waals surface area contributed by atoms with Crippen LogP contribution in [-0.4, -0.2) is 17.1 Å². The molecule has 4 saturated carbocycles. The summed E-state index contributed by atoms with van der Waals surface area (Å²) < 4.78 is 6.13. The number of carbonyl (C=O) groups is 1. The Hall–Kier alpha value is -1.04. The summed E-state index contributed by atoms with van der Waals surface area (Å²) in [4.78, 5) is 16.8. The van der Waals surface area contributed by atoms with Gasteiger partial charge in [0.25, 0.3) is 0 Å². The fraction of sp³-hybridized carbons (Fsp3) is 0.900. The molecule has 23 heavy (non-hydrogen) atoms. The van der Waals surface area contributed by atoms with E-state index in [-0.39, 0.29) is 16.9 Å². The first-order valence-corrected chi connectivity index (χ1v) is 9.19. The summed E-state index contributed by atoms with van der Waals surface area (Å²) in [5.41, 5.74) is -1.09. The zero-order chi connectivity index (χ0) is 17.1. The van der Waals surface area contributed by atoms with E-state index in [2.05, 4.69) is 18.7 Å². The van der Waals surface area contributed by atoms with E-state index in [9.17, 15) is 4.79 Å². The van der Waals surface area contributed by atoms with Gasteiger partial charge in [-0.3, -0.25) is 4.79 Å². The SMILES string of the molecule is [C-]#[N+]C12CC3CC(C1)CC(C(C)(C)OC(=O)C(C)(C)CC)(C3)C2.